The summed E-state index contributed by atoms with van der Waals surface area (Å²) in [5, 5.41) is 7.57. The van der Waals surface area contributed by atoms with Gasteiger partial charge in [0.25, 0.3) is 0 Å². The highest BCUT2D eigenvalue weighted by Crippen LogP contribution is 2.35. The molecule has 0 bridgehead atoms. The lowest BCUT2D eigenvalue weighted by Gasteiger charge is -2.27. The lowest BCUT2D eigenvalue weighted by molar-refractivity contribution is -0.116. The zero-order chi connectivity index (χ0) is 20.2. The zero-order valence-electron chi connectivity index (χ0n) is 16.4. The molecule has 0 saturated carbocycles. The van der Waals surface area contributed by atoms with Gasteiger partial charge in [-0.3, -0.25) is 4.79 Å². The van der Waals surface area contributed by atoms with E-state index in [4.69, 9.17) is 4.74 Å². The highest BCUT2D eigenvalue weighted by atomic mass is 19.1. The normalized spacial score (nSPS) is 15.6. The van der Waals surface area contributed by atoms with Crippen LogP contribution in [-0.2, 0) is 11.2 Å². The van der Waals surface area contributed by atoms with Gasteiger partial charge in [0.2, 0.25) is 5.91 Å². The molecule has 150 valence electrons. The van der Waals surface area contributed by atoms with Gasteiger partial charge in [0, 0.05) is 5.56 Å². The van der Waals surface area contributed by atoms with E-state index in [2.05, 4.69) is 34.7 Å². The van der Waals surface area contributed by atoms with Gasteiger partial charge in [-0.25, -0.2) is 9.07 Å². The maximum absolute atomic E-state index is 12.9. The van der Waals surface area contributed by atoms with E-state index in [0.29, 0.717) is 5.75 Å². The Morgan fingerprint density at radius 3 is 2.86 bits per heavy atom. The molecule has 4 rings (SSSR count). The van der Waals surface area contributed by atoms with Crippen molar-refractivity contribution in [3.63, 3.8) is 0 Å². The van der Waals surface area contributed by atoms with Crippen LogP contribution in [0.3, 0.4) is 0 Å². The van der Waals surface area contributed by atoms with Gasteiger partial charge in [-0.05, 0) is 61.6 Å². The minimum atomic E-state index is -0.317. The number of fused-ring (bicyclic) bond motifs is 1. The van der Waals surface area contributed by atoms with E-state index in [-0.39, 0.29) is 30.8 Å². The fourth-order valence-electron chi connectivity index (χ4n) is 3.81. The molecule has 29 heavy (non-hydrogen) atoms. The lowest BCUT2D eigenvalue weighted by Crippen LogP contribution is -2.23. The highest BCUT2D eigenvalue weighted by molar-refractivity contribution is 5.90. The van der Waals surface area contributed by atoms with Crippen molar-refractivity contribution in [3.05, 3.63) is 77.2 Å². The molecular weight excluding hydrogens is 369 g/mol. The van der Waals surface area contributed by atoms with Gasteiger partial charge in [0.15, 0.2) is 0 Å². The summed E-state index contributed by atoms with van der Waals surface area (Å²) in [4.78, 5) is 12.5. The fraction of sp³-hybridized carbons (Fsp3) is 0.304. The lowest BCUT2D eigenvalue weighted by atomic mass is 9.88. The van der Waals surface area contributed by atoms with E-state index in [1.807, 2.05) is 11.6 Å². The first kappa shape index (κ1) is 19.2. The Morgan fingerprint density at radius 2 is 2.03 bits per heavy atom. The number of carbonyl (C=O) groups excluding carboxylic acids is 1. The average molecular weight is 393 g/mol. The summed E-state index contributed by atoms with van der Waals surface area (Å²) in [6.45, 7) is 2.17. The first-order valence-corrected chi connectivity index (χ1v) is 9.92. The van der Waals surface area contributed by atoms with Crippen molar-refractivity contribution in [1.29, 1.82) is 0 Å². The van der Waals surface area contributed by atoms with Crippen molar-refractivity contribution in [3.8, 4) is 5.75 Å². The van der Waals surface area contributed by atoms with Crippen LogP contribution in [0.5, 0.6) is 5.75 Å². The number of ether oxygens (including phenoxy) is 1. The summed E-state index contributed by atoms with van der Waals surface area (Å²) < 4.78 is 20.4. The monoisotopic (exact) mass is 393 g/mol. The highest BCUT2D eigenvalue weighted by Gasteiger charge is 2.25. The molecule has 1 aliphatic carbocycles. The van der Waals surface area contributed by atoms with Crippen LogP contribution < -0.4 is 10.1 Å². The van der Waals surface area contributed by atoms with Crippen molar-refractivity contribution < 1.29 is 13.9 Å². The van der Waals surface area contributed by atoms with E-state index in [1.54, 1.807) is 18.3 Å². The minimum absolute atomic E-state index is 0.124. The zero-order valence-corrected chi connectivity index (χ0v) is 16.4. The predicted molar refractivity (Wildman–Crippen MR) is 110 cm³/mol. The molecule has 1 aliphatic rings. The molecular formula is C23H24FN3O2. The van der Waals surface area contributed by atoms with E-state index in [0.717, 1.165) is 30.6 Å². The van der Waals surface area contributed by atoms with Crippen LogP contribution in [-0.4, -0.2) is 22.3 Å². The third kappa shape index (κ3) is 4.31. The van der Waals surface area contributed by atoms with Gasteiger partial charge in [0.1, 0.15) is 17.4 Å². The van der Waals surface area contributed by atoms with E-state index in [1.165, 1.54) is 23.3 Å². The smallest absolute Gasteiger partial charge is 0.228 e. The Hall–Kier alpha value is -3.15. The van der Waals surface area contributed by atoms with E-state index in [9.17, 15) is 9.18 Å². The van der Waals surface area contributed by atoms with Crippen LogP contribution in [0.2, 0.25) is 0 Å². The molecule has 1 aromatic heterocycles. The molecule has 0 radical (unpaired) electrons. The molecule has 1 atom stereocenters. The molecule has 1 amide bonds. The number of aryl methyl sites for hydroxylation is 2. The summed E-state index contributed by atoms with van der Waals surface area (Å²) in [5.41, 5.74) is 3.56. The molecule has 1 N–H and O–H groups in total. The molecule has 0 fully saturated rings. The Balaban J connectivity index is 1.43. The van der Waals surface area contributed by atoms with Gasteiger partial charge < -0.3 is 10.1 Å². The number of nitrogens with zero attached hydrogens (tertiary/aromatic N) is 2. The first-order valence-electron chi connectivity index (χ1n) is 9.92. The van der Waals surface area contributed by atoms with Gasteiger partial charge in [-0.2, -0.15) is 5.10 Å². The molecule has 6 heteroatoms. The second-order valence-electron chi connectivity index (χ2n) is 7.33. The summed E-state index contributed by atoms with van der Waals surface area (Å²) >= 11 is 0. The van der Waals surface area contributed by atoms with Crippen molar-refractivity contribution in [2.24, 2.45) is 0 Å². The number of rotatable bonds is 6. The number of halogens is 1. The summed E-state index contributed by atoms with van der Waals surface area (Å²) in [7, 11) is 0. The Bertz CT molecular complexity index is 998. The predicted octanol–water partition coefficient (Wildman–Crippen LogP) is 4.66. The third-order valence-corrected chi connectivity index (χ3v) is 5.28. The molecule has 1 unspecified atom stereocenters. The van der Waals surface area contributed by atoms with Gasteiger partial charge >= 0.3 is 0 Å². The van der Waals surface area contributed by atoms with Crippen LogP contribution in [0, 0.1) is 12.7 Å². The van der Waals surface area contributed by atoms with Crippen molar-refractivity contribution in [1.82, 2.24) is 9.78 Å². The van der Waals surface area contributed by atoms with Crippen LogP contribution in [0.4, 0.5) is 10.2 Å². The largest absolute Gasteiger partial charge is 0.493 e. The molecule has 0 spiro atoms. The summed E-state index contributed by atoms with van der Waals surface area (Å²) in [5.74, 6) is 0.821. The number of carbonyl (C=O) groups is 1. The van der Waals surface area contributed by atoms with Crippen LogP contribution >= 0.6 is 0 Å². The van der Waals surface area contributed by atoms with Gasteiger partial charge in [-0.15, -0.1) is 0 Å². The molecule has 2 aromatic carbocycles. The number of benzene rings is 2. The minimum Gasteiger partial charge on any atom is -0.493 e. The Labute approximate surface area is 169 Å². The summed E-state index contributed by atoms with van der Waals surface area (Å²) in [6.07, 6.45) is 5.16. The third-order valence-electron chi connectivity index (χ3n) is 5.28. The molecule has 3 aromatic rings. The molecule has 5 nitrogen and oxygen atoms in total. The second kappa shape index (κ2) is 8.47. The topological polar surface area (TPSA) is 56.2 Å². The number of aromatic nitrogens is 2. The van der Waals surface area contributed by atoms with Crippen molar-refractivity contribution in [2.45, 2.75) is 38.6 Å². The maximum atomic E-state index is 12.9. The number of hydrogen-bond donors (Lipinski definition) is 1. The van der Waals surface area contributed by atoms with Crippen LogP contribution in [0.15, 0.2) is 54.7 Å². The quantitative estimate of drug-likeness (QED) is 0.662. The van der Waals surface area contributed by atoms with Crippen molar-refractivity contribution >= 4 is 11.7 Å². The standard InChI is InChI=1S/C23H24FN3O2/c1-16-15-25-27(21-8-4-6-17-5-2-3-7-20(17)21)23(16)26-22(28)13-14-29-19-11-9-18(24)10-12-19/h2-3,5,7,9-12,15,21H,4,6,8,13-14H2,1H3,(H,26,28). The SMILES string of the molecule is Cc1cnn(C2CCCc3ccccc32)c1NC(=O)CCOc1ccc(F)cc1. The number of hydrogen-bond acceptors (Lipinski definition) is 3. The Kier molecular flexibility index (Phi) is 5.60. The first-order chi connectivity index (χ1) is 14.1. The summed E-state index contributed by atoms with van der Waals surface area (Å²) in [6, 6.07) is 14.3. The molecule has 1 heterocycles. The van der Waals surface area contributed by atoms with Crippen LogP contribution in [0.25, 0.3) is 0 Å². The number of anilines is 1. The van der Waals surface area contributed by atoms with Crippen LogP contribution in [0.1, 0.15) is 42.0 Å². The van der Waals surface area contributed by atoms with Gasteiger partial charge in [-0.1, -0.05) is 24.3 Å². The fourth-order valence-corrected chi connectivity index (χ4v) is 3.81. The molecule has 0 aliphatic heterocycles. The average Bonchev–Trinajstić information content (AvgIpc) is 3.09. The maximum Gasteiger partial charge on any atom is 0.228 e. The number of amides is 1. The van der Waals surface area contributed by atoms with E-state index >= 15 is 0 Å². The molecule has 0 saturated heterocycles. The van der Waals surface area contributed by atoms with E-state index < -0.39 is 0 Å². The van der Waals surface area contributed by atoms with Gasteiger partial charge in [0.05, 0.1) is 25.3 Å². The van der Waals surface area contributed by atoms with Crippen molar-refractivity contribution in [2.75, 3.05) is 11.9 Å². The second-order valence-corrected chi connectivity index (χ2v) is 7.33. The Morgan fingerprint density at radius 1 is 1.24 bits per heavy atom. The number of nitrogens with one attached hydrogen (secondary N) is 1.